The van der Waals surface area contributed by atoms with Gasteiger partial charge in [0.1, 0.15) is 11.3 Å². The molecule has 0 saturated carbocycles. The van der Waals surface area contributed by atoms with E-state index in [1.165, 1.54) is 7.11 Å². The Labute approximate surface area is 194 Å². The molecule has 1 aromatic heterocycles. The van der Waals surface area contributed by atoms with Crippen molar-refractivity contribution in [3.63, 3.8) is 0 Å². The van der Waals surface area contributed by atoms with Gasteiger partial charge in [-0.15, -0.1) is 0 Å². The van der Waals surface area contributed by atoms with E-state index in [1.807, 2.05) is 42.5 Å². The molecule has 0 fully saturated rings. The molecule has 0 bridgehead atoms. The van der Waals surface area contributed by atoms with Crippen molar-refractivity contribution in [1.82, 2.24) is 5.32 Å². The number of ether oxygens (including phenoxy) is 2. The number of methoxy groups -OCH3 is 2. The molecule has 0 saturated heterocycles. The van der Waals surface area contributed by atoms with E-state index in [4.69, 9.17) is 19.6 Å². The quantitative estimate of drug-likeness (QED) is 0.339. The highest BCUT2D eigenvalue weighted by Crippen LogP contribution is 2.37. The molecule has 32 heavy (non-hydrogen) atoms. The maximum Gasteiger partial charge on any atom is 0.235 e. The van der Waals surface area contributed by atoms with Gasteiger partial charge in [0.2, 0.25) is 11.2 Å². The molecule has 3 N–H and O–H groups in total. The summed E-state index contributed by atoms with van der Waals surface area (Å²) in [6, 6.07) is 15.3. The van der Waals surface area contributed by atoms with Gasteiger partial charge in [0.05, 0.1) is 24.1 Å². The summed E-state index contributed by atoms with van der Waals surface area (Å²) in [4.78, 5) is 13.2. The van der Waals surface area contributed by atoms with E-state index in [2.05, 4.69) is 21.2 Å². The second-order valence-electron chi connectivity index (χ2n) is 7.42. The average Bonchev–Trinajstić information content (AvgIpc) is 2.82. The maximum atomic E-state index is 13.2. The van der Waals surface area contributed by atoms with Crippen LogP contribution in [0.15, 0.2) is 62.2 Å². The number of hydrogen-bond donors (Lipinski definition) is 2. The van der Waals surface area contributed by atoms with Crippen molar-refractivity contribution in [3.05, 3.63) is 68.8 Å². The number of fused-ring (bicyclic) bond motifs is 2. The Balaban J connectivity index is 1.86. The lowest BCUT2D eigenvalue weighted by atomic mass is 10.0. The van der Waals surface area contributed by atoms with E-state index < -0.39 is 0 Å². The van der Waals surface area contributed by atoms with Crippen molar-refractivity contribution in [2.45, 2.75) is 13.0 Å². The zero-order valence-electron chi connectivity index (χ0n) is 18.0. The molecule has 1 heterocycles. The molecule has 0 spiro atoms. The predicted octanol–water partition coefficient (Wildman–Crippen LogP) is 4.83. The van der Waals surface area contributed by atoms with Gasteiger partial charge in [0.25, 0.3) is 0 Å². The fourth-order valence-electron chi connectivity index (χ4n) is 3.79. The van der Waals surface area contributed by atoms with Gasteiger partial charge in [-0.3, -0.25) is 4.79 Å². The Morgan fingerprint density at radius 2 is 1.91 bits per heavy atom. The summed E-state index contributed by atoms with van der Waals surface area (Å²) in [5, 5.41) is 5.83. The average molecular weight is 497 g/mol. The van der Waals surface area contributed by atoms with Crippen LogP contribution in [-0.4, -0.2) is 27.3 Å². The second-order valence-corrected chi connectivity index (χ2v) is 8.22. The van der Waals surface area contributed by atoms with E-state index in [1.54, 1.807) is 13.2 Å². The molecule has 0 aliphatic heterocycles. The Bertz CT molecular complexity index is 1330. The third-order valence-corrected chi connectivity index (χ3v) is 6.25. The van der Waals surface area contributed by atoms with Gasteiger partial charge in [-0.2, -0.15) is 0 Å². The van der Waals surface area contributed by atoms with Gasteiger partial charge in [-0.25, -0.2) is 0 Å². The first-order valence-electron chi connectivity index (χ1n) is 10.4. The summed E-state index contributed by atoms with van der Waals surface area (Å²) in [6.45, 7) is 2.00. The summed E-state index contributed by atoms with van der Waals surface area (Å²) >= 11 is 3.60. The van der Waals surface area contributed by atoms with Crippen LogP contribution >= 0.6 is 15.9 Å². The van der Waals surface area contributed by atoms with Crippen LogP contribution in [0, 0.1) is 0 Å². The Morgan fingerprint density at radius 3 is 2.66 bits per heavy atom. The largest absolute Gasteiger partial charge is 0.496 e. The number of hydrogen-bond acceptors (Lipinski definition) is 6. The van der Waals surface area contributed by atoms with Gasteiger partial charge in [-0.1, -0.05) is 30.3 Å². The van der Waals surface area contributed by atoms with Crippen LogP contribution in [0.1, 0.15) is 12.0 Å². The number of nitrogens with two attached hydrogens (primary N) is 1. The van der Waals surface area contributed by atoms with E-state index in [-0.39, 0.29) is 11.2 Å². The van der Waals surface area contributed by atoms with Crippen LogP contribution in [0.5, 0.6) is 11.5 Å². The minimum Gasteiger partial charge on any atom is -0.496 e. The monoisotopic (exact) mass is 496 g/mol. The first kappa shape index (κ1) is 22.3. The highest BCUT2D eigenvalue weighted by Gasteiger charge is 2.19. The fraction of sp³-hybridized carbons (Fsp3) is 0.240. The van der Waals surface area contributed by atoms with E-state index >= 15 is 0 Å². The van der Waals surface area contributed by atoms with Crippen molar-refractivity contribution >= 4 is 37.7 Å². The minimum absolute atomic E-state index is 0.191. The zero-order chi connectivity index (χ0) is 22.7. The molecular formula is C25H25BrN2O4. The highest BCUT2D eigenvalue weighted by atomic mass is 79.9. The number of halogens is 1. The lowest BCUT2D eigenvalue weighted by molar-refractivity contribution is 0.398. The molecule has 166 valence electrons. The van der Waals surface area contributed by atoms with Crippen molar-refractivity contribution < 1.29 is 13.9 Å². The molecule has 3 aromatic carbocycles. The maximum absolute atomic E-state index is 13.2. The lowest BCUT2D eigenvalue weighted by Gasteiger charge is -2.13. The van der Waals surface area contributed by atoms with Crippen LogP contribution in [0.25, 0.3) is 33.1 Å². The molecule has 4 aromatic rings. The Morgan fingerprint density at radius 1 is 1.06 bits per heavy atom. The molecule has 4 rings (SSSR count). The van der Waals surface area contributed by atoms with E-state index in [9.17, 15) is 4.79 Å². The topological polar surface area (TPSA) is 86.7 Å². The molecule has 0 aliphatic carbocycles. The third kappa shape index (κ3) is 4.11. The van der Waals surface area contributed by atoms with Gasteiger partial charge in [-0.05, 0) is 64.4 Å². The molecule has 0 aliphatic rings. The number of para-hydroxylation sites is 1. The van der Waals surface area contributed by atoms with Crippen LogP contribution in [0.3, 0.4) is 0 Å². The highest BCUT2D eigenvalue weighted by molar-refractivity contribution is 9.10. The number of rotatable bonds is 8. The second kappa shape index (κ2) is 9.73. The van der Waals surface area contributed by atoms with Crippen LogP contribution in [0.2, 0.25) is 0 Å². The fourth-order valence-corrected chi connectivity index (χ4v) is 4.45. The Hall–Kier alpha value is -2.87. The summed E-state index contributed by atoms with van der Waals surface area (Å²) in [6.07, 6.45) is 0.880. The van der Waals surface area contributed by atoms with Crippen molar-refractivity contribution in [2.75, 3.05) is 27.3 Å². The first-order chi connectivity index (χ1) is 15.6. The van der Waals surface area contributed by atoms with Crippen molar-refractivity contribution in [2.24, 2.45) is 5.73 Å². The normalized spacial score (nSPS) is 11.2. The van der Waals surface area contributed by atoms with Gasteiger partial charge in [0.15, 0.2) is 5.76 Å². The molecule has 7 heteroatoms. The molecule has 0 radical (unpaired) electrons. The molecule has 0 atom stereocenters. The summed E-state index contributed by atoms with van der Waals surface area (Å²) in [5.41, 5.74) is 7.62. The SMILES string of the molecule is COc1ccc2cc(-c3oc4c(CNCCCN)cccc4c(=O)c3OC)ccc2c1Br. The Kier molecular flexibility index (Phi) is 6.79. The summed E-state index contributed by atoms with van der Waals surface area (Å²) in [5.74, 6) is 1.36. The molecule has 6 nitrogen and oxygen atoms in total. The van der Waals surface area contributed by atoms with E-state index in [0.29, 0.717) is 29.8 Å². The first-order valence-corrected chi connectivity index (χ1v) is 11.2. The van der Waals surface area contributed by atoms with E-state index in [0.717, 1.165) is 45.1 Å². The molecular weight excluding hydrogens is 472 g/mol. The lowest BCUT2D eigenvalue weighted by Crippen LogP contribution is -2.18. The molecule has 0 amide bonds. The minimum atomic E-state index is -0.191. The van der Waals surface area contributed by atoms with Gasteiger partial charge < -0.3 is 24.9 Å². The van der Waals surface area contributed by atoms with Crippen molar-refractivity contribution in [3.8, 4) is 22.8 Å². The molecule has 0 unspecified atom stereocenters. The standard InChI is InChI=1S/C25H25BrN2O4/c1-30-20-10-8-15-13-16(7-9-18(15)21(20)26)24-25(31-2)22(29)19-6-3-5-17(23(19)32-24)14-28-12-4-11-27/h3,5-10,13,28H,4,11-12,14,27H2,1-2H3. The smallest absolute Gasteiger partial charge is 0.235 e. The summed E-state index contributed by atoms with van der Waals surface area (Å²) in [7, 11) is 3.12. The number of nitrogens with one attached hydrogen (secondary N) is 1. The van der Waals surface area contributed by atoms with Crippen LogP contribution in [0.4, 0.5) is 0 Å². The van der Waals surface area contributed by atoms with Gasteiger partial charge >= 0.3 is 0 Å². The van der Waals surface area contributed by atoms with Crippen LogP contribution in [-0.2, 0) is 6.54 Å². The van der Waals surface area contributed by atoms with Crippen molar-refractivity contribution in [1.29, 1.82) is 0 Å². The predicted molar refractivity (Wildman–Crippen MR) is 132 cm³/mol. The van der Waals surface area contributed by atoms with Crippen LogP contribution < -0.4 is 26.0 Å². The third-order valence-electron chi connectivity index (χ3n) is 5.44. The summed E-state index contributed by atoms with van der Waals surface area (Å²) < 4.78 is 18.1. The number of benzene rings is 3. The van der Waals surface area contributed by atoms with Gasteiger partial charge in [0, 0.05) is 17.7 Å². The zero-order valence-corrected chi connectivity index (χ0v) is 19.6.